The van der Waals surface area contributed by atoms with Crippen molar-refractivity contribution >= 4 is 40.1 Å². The lowest BCUT2D eigenvalue weighted by atomic mass is 9.44. The second-order valence-corrected chi connectivity index (χ2v) is 31.0. The maximum absolute atomic E-state index is 14.5. The Kier molecular flexibility index (Phi) is 9.71. The number of esters is 2. The molecule has 12 atom stereocenters. The van der Waals surface area contributed by atoms with Gasteiger partial charge in [-0.2, -0.15) is 0 Å². The van der Waals surface area contributed by atoms with E-state index in [2.05, 4.69) is 65.3 Å². The van der Waals surface area contributed by atoms with Crippen LogP contribution in [0, 0.1) is 57.2 Å². The number of carbonyl (C=O) groups is 4. The van der Waals surface area contributed by atoms with Gasteiger partial charge in [-0.1, -0.05) is 37.1 Å². The molecular formula is C46H70O8Si2. The first-order chi connectivity index (χ1) is 26.2. The summed E-state index contributed by atoms with van der Waals surface area (Å²) in [7, 11) is -1.46. The molecule has 8 nitrogen and oxygen atoms in total. The van der Waals surface area contributed by atoms with E-state index in [4.69, 9.17) is 18.3 Å². The first kappa shape index (κ1) is 40.9. The van der Waals surface area contributed by atoms with Crippen LogP contribution in [-0.2, 0) is 37.5 Å². The molecule has 0 N–H and O–H groups in total. The summed E-state index contributed by atoms with van der Waals surface area (Å²) in [5, 5.41) is 0. The SMILES string of the molecule is COC(=O)[C@]12CC[C@@](O[Si](C)(C)C)([C@@]3(O[Si](C)(C)C)C=C4CC[C@@H]5[C@H](CC[C@]6(C)C(=O)CC[C@@H]56)[C@@]4(C(=O)OC)CC3)C=C1CC[C@@H]1[C@@H]2CC[C@]2(C)C(=O)CC[C@@H]12. The van der Waals surface area contributed by atoms with Gasteiger partial charge in [0.05, 0.1) is 25.0 Å². The second-order valence-electron chi connectivity index (χ2n) is 22.1. The molecule has 8 aliphatic rings. The van der Waals surface area contributed by atoms with Crippen molar-refractivity contribution in [3.05, 3.63) is 23.3 Å². The molecule has 0 bridgehead atoms. The van der Waals surface area contributed by atoms with Gasteiger partial charge in [-0.15, -0.1) is 0 Å². The van der Waals surface area contributed by atoms with E-state index in [-0.39, 0.29) is 34.6 Å². The van der Waals surface area contributed by atoms with E-state index in [0.29, 0.717) is 73.8 Å². The quantitative estimate of drug-likeness (QED) is 0.142. The molecule has 310 valence electrons. The molecule has 0 spiro atoms. The number of rotatable bonds is 7. The Hall–Kier alpha value is -1.89. The number of methoxy groups -OCH3 is 2. The Morgan fingerprint density at radius 1 is 0.536 bits per heavy atom. The van der Waals surface area contributed by atoms with Gasteiger partial charge in [0.15, 0.2) is 16.6 Å². The maximum atomic E-state index is 14.5. The van der Waals surface area contributed by atoms with Crippen molar-refractivity contribution in [2.75, 3.05) is 14.2 Å². The zero-order valence-electron chi connectivity index (χ0n) is 36.2. The molecular weight excluding hydrogens is 737 g/mol. The lowest BCUT2D eigenvalue weighted by Gasteiger charge is -2.63. The van der Waals surface area contributed by atoms with Crippen LogP contribution in [0.5, 0.6) is 0 Å². The standard InChI is InChI=1S/C46H70O8Si2/c1-41-21-19-35-31(33(41)15-17-37(41)47)13-11-29-27-43(53-55(5,6)7,23-25-45(29,35)39(49)51-3)44(54-56(8,9)10)24-26-46(40(50)52-4)30(28-44)12-14-32-34-16-18-38(48)42(34,2)22-20-36(32)46/h27-28,31-36H,11-26H2,1-10H3/t31-,32-,33-,34-,35-,36-,41-,42-,43-,44-,45+,46+/m0/s1. The monoisotopic (exact) mass is 806 g/mol. The molecule has 0 amide bonds. The molecule has 0 unspecified atom stereocenters. The highest BCUT2D eigenvalue weighted by atomic mass is 28.4. The van der Waals surface area contributed by atoms with E-state index in [9.17, 15) is 19.2 Å². The minimum Gasteiger partial charge on any atom is -0.468 e. The zero-order valence-corrected chi connectivity index (χ0v) is 38.2. The number of carbonyl (C=O) groups excluding carboxylic acids is 4. The highest BCUT2D eigenvalue weighted by Crippen LogP contribution is 2.70. The minimum atomic E-state index is -2.27. The van der Waals surface area contributed by atoms with Crippen molar-refractivity contribution in [1.82, 2.24) is 0 Å². The van der Waals surface area contributed by atoms with Gasteiger partial charge in [-0.05, 0) is 165 Å². The van der Waals surface area contributed by atoms with Gasteiger partial charge in [-0.3, -0.25) is 19.2 Å². The van der Waals surface area contributed by atoms with E-state index in [0.717, 1.165) is 75.4 Å². The van der Waals surface area contributed by atoms with Crippen molar-refractivity contribution in [1.29, 1.82) is 0 Å². The van der Waals surface area contributed by atoms with E-state index < -0.39 is 38.7 Å². The van der Waals surface area contributed by atoms with Gasteiger partial charge in [0, 0.05) is 23.7 Å². The summed E-state index contributed by atoms with van der Waals surface area (Å²) in [6.07, 6.45) is 17.3. The molecule has 0 aromatic heterocycles. The number of Topliss-reactive ketones (excluding diaryl/α,β-unsaturated/α-hetero) is 2. The third kappa shape index (κ3) is 5.66. The van der Waals surface area contributed by atoms with Crippen molar-refractivity contribution < 1.29 is 37.5 Å². The van der Waals surface area contributed by atoms with Gasteiger partial charge in [0.25, 0.3) is 0 Å². The molecule has 8 rings (SSSR count). The van der Waals surface area contributed by atoms with E-state index in [1.807, 2.05) is 0 Å². The van der Waals surface area contributed by atoms with E-state index in [1.165, 1.54) is 0 Å². The molecule has 0 radical (unpaired) electrons. The van der Waals surface area contributed by atoms with Crippen LogP contribution in [0.3, 0.4) is 0 Å². The summed E-state index contributed by atoms with van der Waals surface area (Å²) in [5.74, 6) is 2.07. The normalized spacial score (nSPS) is 45.9. The van der Waals surface area contributed by atoms with Crippen LogP contribution in [0.1, 0.15) is 117 Å². The van der Waals surface area contributed by atoms with Gasteiger partial charge < -0.3 is 18.3 Å². The largest absolute Gasteiger partial charge is 0.468 e. The highest BCUT2D eigenvalue weighted by molar-refractivity contribution is 6.70. The van der Waals surface area contributed by atoms with Crippen LogP contribution in [0.4, 0.5) is 0 Å². The topological polar surface area (TPSA) is 105 Å². The van der Waals surface area contributed by atoms with Crippen molar-refractivity contribution in [2.45, 2.75) is 167 Å². The molecule has 6 fully saturated rings. The number of ether oxygens (including phenoxy) is 2. The van der Waals surface area contributed by atoms with Gasteiger partial charge in [0.1, 0.15) is 22.8 Å². The third-order valence-corrected chi connectivity index (χ3v) is 19.5. The van der Waals surface area contributed by atoms with Gasteiger partial charge >= 0.3 is 11.9 Å². The summed E-state index contributed by atoms with van der Waals surface area (Å²) in [4.78, 5) is 55.6. The number of fused-ring (bicyclic) bond motifs is 10. The smallest absolute Gasteiger partial charge is 0.316 e. The Labute approximate surface area is 338 Å². The molecule has 56 heavy (non-hydrogen) atoms. The summed E-state index contributed by atoms with van der Waals surface area (Å²) in [5.41, 5.74) is -1.44. The predicted octanol–water partition coefficient (Wildman–Crippen LogP) is 9.54. The molecule has 0 aliphatic heterocycles. The Bertz CT molecular complexity index is 1630. The van der Waals surface area contributed by atoms with Crippen LogP contribution >= 0.6 is 0 Å². The lowest BCUT2D eigenvalue weighted by molar-refractivity contribution is -0.173. The summed E-state index contributed by atoms with van der Waals surface area (Å²) >= 11 is 0. The zero-order chi connectivity index (χ0) is 40.5. The number of hydrogen-bond acceptors (Lipinski definition) is 8. The number of ketones is 2. The van der Waals surface area contributed by atoms with E-state index >= 15 is 0 Å². The van der Waals surface area contributed by atoms with Gasteiger partial charge in [-0.25, -0.2) is 0 Å². The lowest BCUT2D eigenvalue weighted by Crippen LogP contribution is -2.67. The van der Waals surface area contributed by atoms with Crippen LogP contribution in [0.15, 0.2) is 23.3 Å². The molecule has 0 saturated heterocycles. The first-order valence-electron chi connectivity index (χ1n) is 22.2. The average molecular weight is 807 g/mol. The maximum Gasteiger partial charge on any atom is 0.316 e. The fourth-order valence-electron chi connectivity index (χ4n) is 15.5. The fourth-order valence-corrected chi connectivity index (χ4v) is 18.4. The Morgan fingerprint density at radius 3 is 1.25 bits per heavy atom. The molecule has 6 saturated carbocycles. The van der Waals surface area contributed by atoms with Crippen LogP contribution in [0.25, 0.3) is 0 Å². The molecule has 0 aromatic rings. The fraction of sp³-hybridized carbons (Fsp3) is 0.826. The summed E-state index contributed by atoms with van der Waals surface area (Å²) in [6, 6.07) is 0. The van der Waals surface area contributed by atoms with E-state index in [1.54, 1.807) is 14.2 Å². The van der Waals surface area contributed by atoms with Crippen molar-refractivity contribution in [3.8, 4) is 0 Å². The van der Waals surface area contributed by atoms with Crippen LogP contribution in [0.2, 0.25) is 39.3 Å². The third-order valence-electron chi connectivity index (χ3n) is 17.6. The minimum absolute atomic E-state index is 0.129. The highest BCUT2D eigenvalue weighted by Gasteiger charge is 2.70. The molecule has 10 heteroatoms. The predicted molar refractivity (Wildman–Crippen MR) is 220 cm³/mol. The van der Waals surface area contributed by atoms with Crippen LogP contribution in [-0.4, -0.2) is 65.6 Å². The van der Waals surface area contributed by atoms with Crippen molar-refractivity contribution in [2.24, 2.45) is 57.2 Å². The van der Waals surface area contributed by atoms with Crippen LogP contribution < -0.4 is 0 Å². The Balaban J connectivity index is 1.27. The molecule has 8 aliphatic carbocycles. The average Bonchev–Trinajstić information content (AvgIpc) is 3.62. The molecule has 0 aromatic carbocycles. The summed E-state index contributed by atoms with van der Waals surface area (Å²) < 4.78 is 26.9. The van der Waals surface area contributed by atoms with Crippen molar-refractivity contribution in [3.63, 3.8) is 0 Å². The Morgan fingerprint density at radius 2 is 0.911 bits per heavy atom. The first-order valence-corrected chi connectivity index (χ1v) is 29.1. The van der Waals surface area contributed by atoms with Gasteiger partial charge in [0.2, 0.25) is 0 Å². The molecule has 0 heterocycles. The second kappa shape index (κ2) is 13.3. The number of hydrogen-bond donors (Lipinski definition) is 0. The summed E-state index contributed by atoms with van der Waals surface area (Å²) in [6.45, 7) is 17.9.